The van der Waals surface area contributed by atoms with E-state index in [0.717, 1.165) is 28.5 Å². The zero-order valence-corrected chi connectivity index (χ0v) is 14.1. The Bertz CT molecular complexity index is 432. The van der Waals surface area contributed by atoms with Crippen LogP contribution in [0.15, 0.2) is 0 Å². The summed E-state index contributed by atoms with van der Waals surface area (Å²) in [4.78, 5) is 8.16. The normalized spacial score (nSPS) is 19.2. The van der Waals surface area contributed by atoms with Gasteiger partial charge in [-0.25, -0.2) is 4.98 Å². The topological polar surface area (TPSA) is 36.4 Å². The largest absolute Gasteiger partial charge is 0.391 e. The lowest BCUT2D eigenvalue weighted by atomic mass is 9.75. The van der Waals surface area contributed by atoms with Crippen molar-refractivity contribution in [3.05, 3.63) is 10.6 Å². The molecule has 1 saturated carbocycles. The summed E-state index contributed by atoms with van der Waals surface area (Å²) in [6, 6.07) is 0.607. The number of hydrogen-bond donors (Lipinski definition) is 1. The van der Waals surface area contributed by atoms with E-state index in [1.54, 1.807) is 11.3 Å². The number of aliphatic hydroxyl groups excluding tert-OH is 1. The number of hydrogen-bond acceptors (Lipinski definition) is 4. The van der Waals surface area contributed by atoms with Gasteiger partial charge in [-0.2, -0.15) is 0 Å². The summed E-state index contributed by atoms with van der Waals surface area (Å²) < 4.78 is 0. The van der Waals surface area contributed by atoms with Gasteiger partial charge in [0, 0.05) is 13.1 Å². The van der Waals surface area contributed by atoms with Gasteiger partial charge < -0.3 is 10.0 Å². The molecular formula is C16H28N2OS. The van der Waals surface area contributed by atoms with E-state index in [2.05, 4.69) is 32.7 Å². The van der Waals surface area contributed by atoms with Crippen molar-refractivity contribution in [2.45, 2.75) is 71.9 Å². The van der Waals surface area contributed by atoms with Gasteiger partial charge in [0.05, 0.1) is 17.2 Å². The van der Waals surface area contributed by atoms with Crippen molar-refractivity contribution < 1.29 is 5.11 Å². The lowest BCUT2D eigenvalue weighted by molar-refractivity contribution is 0.222. The first-order valence-corrected chi connectivity index (χ1v) is 8.61. The minimum Gasteiger partial charge on any atom is -0.391 e. The van der Waals surface area contributed by atoms with E-state index in [-0.39, 0.29) is 6.61 Å². The second-order valence-electron chi connectivity index (χ2n) is 6.78. The van der Waals surface area contributed by atoms with Crippen molar-refractivity contribution in [2.75, 3.05) is 11.9 Å². The SMILES string of the molecule is CCCc1nc(N(C)C2CCC(C)(C)CC2)sc1CO. The molecule has 2 rings (SSSR count). The van der Waals surface area contributed by atoms with Crippen LogP contribution in [0, 0.1) is 5.41 Å². The zero-order chi connectivity index (χ0) is 14.8. The number of anilines is 1. The number of aromatic nitrogens is 1. The first-order chi connectivity index (χ1) is 9.46. The first kappa shape index (κ1) is 15.8. The molecule has 0 spiro atoms. The molecule has 0 radical (unpaired) electrons. The number of aryl methyl sites for hydroxylation is 1. The molecule has 0 atom stereocenters. The van der Waals surface area contributed by atoms with Crippen molar-refractivity contribution in [3.63, 3.8) is 0 Å². The molecule has 0 aliphatic heterocycles. The molecule has 0 amide bonds. The molecule has 1 aliphatic carbocycles. The maximum atomic E-state index is 9.47. The Hall–Kier alpha value is -0.610. The lowest BCUT2D eigenvalue weighted by Crippen LogP contribution is -2.37. The van der Waals surface area contributed by atoms with E-state index in [1.807, 2.05) is 0 Å². The molecule has 0 saturated heterocycles. The number of nitrogens with zero attached hydrogens (tertiary/aromatic N) is 2. The van der Waals surface area contributed by atoms with Crippen LogP contribution in [-0.2, 0) is 13.0 Å². The van der Waals surface area contributed by atoms with Crippen molar-refractivity contribution in [3.8, 4) is 0 Å². The lowest BCUT2D eigenvalue weighted by Gasteiger charge is -2.38. The summed E-state index contributed by atoms with van der Waals surface area (Å²) in [6.07, 6.45) is 7.14. The van der Waals surface area contributed by atoms with Crippen molar-refractivity contribution in [1.82, 2.24) is 4.98 Å². The monoisotopic (exact) mass is 296 g/mol. The van der Waals surface area contributed by atoms with Crippen LogP contribution in [0.5, 0.6) is 0 Å². The average molecular weight is 296 g/mol. The van der Waals surface area contributed by atoms with Gasteiger partial charge in [0.25, 0.3) is 0 Å². The highest BCUT2D eigenvalue weighted by atomic mass is 32.1. The van der Waals surface area contributed by atoms with Gasteiger partial charge in [0.1, 0.15) is 0 Å². The Balaban J connectivity index is 2.07. The van der Waals surface area contributed by atoms with Crippen LogP contribution in [-0.4, -0.2) is 23.2 Å². The van der Waals surface area contributed by atoms with Gasteiger partial charge in [-0.1, -0.05) is 38.5 Å². The average Bonchev–Trinajstić information content (AvgIpc) is 2.81. The van der Waals surface area contributed by atoms with Crippen molar-refractivity contribution in [2.24, 2.45) is 5.41 Å². The minimum atomic E-state index is 0.124. The van der Waals surface area contributed by atoms with Crippen LogP contribution >= 0.6 is 11.3 Å². The van der Waals surface area contributed by atoms with Crippen LogP contribution in [0.4, 0.5) is 5.13 Å². The molecule has 1 aromatic heterocycles. The van der Waals surface area contributed by atoms with Crippen LogP contribution in [0.2, 0.25) is 0 Å². The predicted octanol–water partition coefficient (Wildman–Crippen LogP) is 3.99. The number of thiazole rings is 1. The third-order valence-corrected chi connectivity index (χ3v) is 5.73. The Morgan fingerprint density at radius 2 is 2.00 bits per heavy atom. The molecule has 1 aliphatic rings. The first-order valence-electron chi connectivity index (χ1n) is 7.79. The van der Waals surface area contributed by atoms with E-state index in [4.69, 9.17) is 4.98 Å². The van der Waals surface area contributed by atoms with Crippen molar-refractivity contribution >= 4 is 16.5 Å². The second-order valence-corrected chi connectivity index (χ2v) is 7.84. The summed E-state index contributed by atoms with van der Waals surface area (Å²) in [5.41, 5.74) is 1.60. The second kappa shape index (κ2) is 6.44. The van der Waals surface area contributed by atoms with Gasteiger partial charge in [0.2, 0.25) is 0 Å². The Morgan fingerprint density at radius 1 is 1.35 bits per heavy atom. The predicted molar refractivity (Wildman–Crippen MR) is 86.5 cm³/mol. The quantitative estimate of drug-likeness (QED) is 0.892. The fourth-order valence-corrected chi connectivity index (χ4v) is 4.00. The van der Waals surface area contributed by atoms with Gasteiger partial charge >= 0.3 is 0 Å². The van der Waals surface area contributed by atoms with Crippen LogP contribution in [0.3, 0.4) is 0 Å². The standard InChI is InChI=1S/C16H28N2OS/c1-5-6-13-14(11-19)20-15(17-13)18(4)12-7-9-16(2,3)10-8-12/h12,19H,5-11H2,1-4H3. The van der Waals surface area contributed by atoms with E-state index >= 15 is 0 Å². The van der Waals surface area contributed by atoms with Crippen LogP contribution < -0.4 is 4.90 Å². The van der Waals surface area contributed by atoms with E-state index in [9.17, 15) is 5.11 Å². The van der Waals surface area contributed by atoms with Crippen molar-refractivity contribution in [1.29, 1.82) is 0 Å². The third kappa shape index (κ3) is 3.53. The minimum absolute atomic E-state index is 0.124. The Morgan fingerprint density at radius 3 is 2.55 bits per heavy atom. The summed E-state index contributed by atoms with van der Waals surface area (Å²) in [7, 11) is 2.17. The van der Waals surface area contributed by atoms with E-state index in [0.29, 0.717) is 11.5 Å². The fourth-order valence-electron chi connectivity index (χ4n) is 3.00. The van der Waals surface area contributed by atoms with Gasteiger partial charge in [-0.15, -0.1) is 0 Å². The summed E-state index contributed by atoms with van der Waals surface area (Å²) in [6.45, 7) is 7.03. The highest BCUT2D eigenvalue weighted by Crippen LogP contribution is 2.38. The highest BCUT2D eigenvalue weighted by molar-refractivity contribution is 7.15. The third-order valence-electron chi connectivity index (χ3n) is 4.56. The molecule has 0 unspecified atom stereocenters. The summed E-state index contributed by atoms with van der Waals surface area (Å²) in [5, 5.41) is 10.6. The molecule has 1 heterocycles. The van der Waals surface area contributed by atoms with Gasteiger partial charge in [0.15, 0.2) is 5.13 Å². The molecule has 114 valence electrons. The maximum absolute atomic E-state index is 9.47. The molecule has 20 heavy (non-hydrogen) atoms. The highest BCUT2D eigenvalue weighted by Gasteiger charge is 2.30. The number of rotatable bonds is 5. The fraction of sp³-hybridized carbons (Fsp3) is 0.812. The zero-order valence-electron chi connectivity index (χ0n) is 13.3. The summed E-state index contributed by atoms with van der Waals surface area (Å²) >= 11 is 1.67. The molecule has 1 fully saturated rings. The molecule has 0 aromatic carbocycles. The smallest absolute Gasteiger partial charge is 0.185 e. The summed E-state index contributed by atoms with van der Waals surface area (Å²) in [5.74, 6) is 0. The molecule has 1 N–H and O–H groups in total. The number of aliphatic hydroxyl groups is 1. The maximum Gasteiger partial charge on any atom is 0.185 e. The Kier molecular flexibility index (Phi) is 5.08. The molecule has 3 nitrogen and oxygen atoms in total. The van der Waals surface area contributed by atoms with Gasteiger partial charge in [-0.3, -0.25) is 0 Å². The van der Waals surface area contributed by atoms with Crippen LogP contribution in [0.25, 0.3) is 0 Å². The Labute approximate surface area is 127 Å². The van der Waals surface area contributed by atoms with E-state index < -0.39 is 0 Å². The van der Waals surface area contributed by atoms with Gasteiger partial charge in [-0.05, 0) is 37.5 Å². The molecular weight excluding hydrogens is 268 g/mol. The molecule has 0 bridgehead atoms. The molecule has 1 aromatic rings. The molecule has 4 heteroatoms. The van der Waals surface area contributed by atoms with E-state index in [1.165, 1.54) is 25.7 Å². The van der Waals surface area contributed by atoms with Crippen LogP contribution in [0.1, 0.15) is 63.4 Å².